The molecule has 6 nitrogen and oxygen atoms in total. The first-order chi connectivity index (χ1) is 14.2. The molecule has 0 heterocycles. The fourth-order valence-electron chi connectivity index (χ4n) is 2.84. The summed E-state index contributed by atoms with van der Waals surface area (Å²) >= 11 is 0. The largest absolute Gasteiger partial charge is 0.497 e. The van der Waals surface area contributed by atoms with Crippen molar-refractivity contribution in [1.82, 2.24) is 5.32 Å². The molecule has 0 aliphatic heterocycles. The third-order valence-corrected chi connectivity index (χ3v) is 4.32. The molecule has 29 heavy (non-hydrogen) atoms. The van der Waals surface area contributed by atoms with Gasteiger partial charge in [0.2, 0.25) is 5.91 Å². The van der Waals surface area contributed by atoms with Crippen molar-refractivity contribution in [3.8, 4) is 23.3 Å². The lowest BCUT2D eigenvalue weighted by Crippen LogP contribution is -2.22. The summed E-state index contributed by atoms with van der Waals surface area (Å²) in [5.74, 6) is 1.71. The molecular weight excluding hydrogens is 368 g/mol. The van der Waals surface area contributed by atoms with Gasteiger partial charge in [-0.05, 0) is 35.0 Å². The molecule has 0 aromatic heterocycles. The number of hydrogen-bond acceptors (Lipinski definition) is 5. The summed E-state index contributed by atoms with van der Waals surface area (Å²) in [6, 6.07) is 21.3. The van der Waals surface area contributed by atoms with E-state index in [0.717, 1.165) is 22.1 Å². The molecule has 148 valence electrons. The highest BCUT2D eigenvalue weighted by atomic mass is 16.5. The van der Waals surface area contributed by atoms with Crippen molar-refractivity contribution in [3.63, 3.8) is 0 Å². The topological polar surface area (TPSA) is 80.6 Å². The van der Waals surface area contributed by atoms with Crippen LogP contribution in [0.25, 0.3) is 10.8 Å². The maximum Gasteiger partial charge on any atom is 0.234 e. The Balaban J connectivity index is 1.58. The average Bonchev–Trinajstić information content (AvgIpc) is 2.75. The number of fused-ring (bicyclic) bond motifs is 1. The van der Waals surface area contributed by atoms with E-state index in [1.165, 1.54) is 0 Å². The zero-order valence-electron chi connectivity index (χ0n) is 16.2. The molecule has 1 N–H and O–H groups in total. The van der Waals surface area contributed by atoms with E-state index in [9.17, 15) is 4.79 Å². The molecule has 0 aliphatic carbocycles. The molecule has 1 amide bonds. The molecule has 0 saturated carbocycles. The van der Waals surface area contributed by atoms with Crippen molar-refractivity contribution in [3.05, 3.63) is 66.2 Å². The quantitative estimate of drug-likeness (QED) is 0.562. The highest BCUT2D eigenvalue weighted by Gasteiger charge is 2.08. The highest BCUT2D eigenvalue weighted by molar-refractivity contribution is 5.83. The molecule has 3 rings (SSSR count). The number of amides is 1. The molecule has 0 bridgehead atoms. The average molecular weight is 390 g/mol. The second kappa shape index (κ2) is 10.00. The van der Waals surface area contributed by atoms with E-state index >= 15 is 0 Å². The summed E-state index contributed by atoms with van der Waals surface area (Å²) in [6.07, 6.45) is -0.175. The number of carbonyl (C=O) groups is 1. The lowest BCUT2D eigenvalue weighted by atomic mass is 10.1. The van der Waals surface area contributed by atoms with Gasteiger partial charge in [0, 0.05) is 18.2 Å². The molecule has 6 heteroatoms. The minimum absolute atomic E-state index is 0.175. The summed E-state index contributed by atoms with van der Waals surface area (Å²) in [7, 11) is 1.58. The summed E-state index contributed by atoms with van der Waals surface area (Å²) in [4.78, 5) is 11.5. The van der Waals surface area contributed by atoms with Gasteiger partial charge in [-0.1, -0.05) is 30.3 Å². The molecule has 0 spiro atoms. The number of methoxy groups -OCH3 is 1. The van der Waals surface area contributed by atoms with Gasteiger partial charge in [-0.2, -0.15) is 5.26 Å². The SMILES string of the molecule is COc1ccc(CNC(=O)CC#N)c(OCCOc2ccc3ccccc3c2)c1. The van der Waals surface area contributed by atoms with Gasteiger partial charge in [0.15, 0.2) is 0 Å². The Morgan fingerprint density at radius 3 is 2.52 bits per heavy atom. The van der Waals surface area contributed by atoms with E-state index < -0.39 is 0 Å². The summed E-state index contributed by atoms with van der Waals surface area (Å²) in [5, 5.41) is 13.6. The molecular formula is C23H22N2O4. The first kappa shape index (κ1) is 20.0. The van der Waals surface area contributed by atoms with Crippen molar-refractivity contribution in [2.75, 3.05) is 20.3 Å². The fraction of sp³-hybridized carbons (Fsp3) is 0.217. The number of hydrogen-bond donors (Lipinski definition) is 1. The standard InChI is InChI=1S/C23H22N2O4/c1-27-20-8-7-19(16-25-23(26)10-11-24)22(15-20)29-13-12-28-21-9-6-17-4-2-3-5-18(17)14-21/h2-9,14-15H,10,12-13,16H2,1H3,(H,25,26). The van der Waals surface area contributed by atoms with Crippen LogP contribution in [0.1, 0.15) is 12.0 Å². The van der Waals surface area contributed by atoms with Crippen LogP contribution in [0.2, 0.25) is 0 Å². The van der Waals surface area contributed by atoms with Crippen LogP contribution in [0.4, 0.5) is 0 Å². The van der Waals surface area contributed by atoms with E-state index in [1.807, 2.05) is 48.5 Å². The van der Waals surface area contributed by atoms with E-state index in [4.69, 9.17) is 19.5 Å². The van der Waals surface area contributed by atoms with Crippen LogP contribution in [-0.4, -0.2) is 26.2 Å². The Hall–Kier alpha value is -3.72. The van der Waals surface area contributed by atoms with Crippen LogP contribution in [0.5, 0.6) is 17.2 Å². The molecule has 0 unspecified atom stereocenters. The van der Waals surface area contributed by atoms with Gasteiger partial charge in [0.05, 0.1) is 13.2 Å². The van der Waals surface area contributed by atoms with Crippen LogP contribution in [0, 0.1) is 11.3 Å². The Kier molecular flexibility index (Phi) is 6.90. The molecule has 3 aromatic carbocycles. The van der Waals surface area contributed by atoms with Gasteiger partial charge < -0.3 is 19.5 Å². The lowest BCUT2D eigenvalue weighted by Gasteiger charge is -2.14. The summed E-state index contributed by atoms with van der Waals surface area (Å²) < 4.78 is 16.9. The third-order valence-electron chi connectivity index (χ3n) is 4.32. The highest BCUT2D eigenvalue weighted by Crippen LogP contribution is 2.25. The van der Waals surface area contributed by atoms with Crippen molar-refractivity contribution in [2.24, 2.45) is 0 Å². The number of benzene rings is 3. The Morgan fingerprint density at radius 1 is 0.966 bits per heavy atom. The van der Waals surface area contributed by atoms with Crippen LogP contribution < -0.4 is 19.5 Å². The van der Waals surface area contributed by atoms with Crippen LogP contribution in [-0.2, 0) is 11.3 Å². The zero-order valence-corrected chi connectivity index (χ0v) is 16.2. The number of nitrogens with zero attached hydrogens (tertiary/aromatic N) is 1. The monoisotopic (exact) mass is 390 g/mol. The van der Waals surface area contributed by atoms with Gasteiger partial charge >= 0.3 is 0 Å². The number of nitriles is 1. The Labute approximate surface area is 169 Å². The smallest absolute Gasteiger partial charge is 0.234 e. The first-order valence-electron chi connectivity index (χ1n) is 9.24. The second-order valence-corrected chi connectivity index (χ2v) is 6.29. The normalized spacial score (nSPS) is 10.2. The van der Waals surface area contributed by atoms with Gasteiger partial charge in [0.1, 0.15) is 36.9 Å². The van der Waals surface area contributed by atoms with E-state index in [0.29, 0.717) is 24.7 Å². The van der Waals surface area contributed by atoms with Gasteiger partial charge in [-0.15, -0.1) is 0 Å². The number of nitrogens with one attached hydrogen (secondary N) is 1. The Morgan fingerprint density at radius 2 is 1.72 bits per heavy atom. The van der Waals surface area contributed by atoms with Crippen molar-refractivity contribution in [1.29, 1.82) is 5.26 Å². The fourth-order valence-corrected chi connectivity index (χ4v) is 2.84. The number of ether oxygens (including phenoxy) is 3. The van der Waals surface area contributed by atoms with E-state index in [-0.39, 0.29) is 18.9 Å². The molecule has 0 atom stereocenters. The Bertz CT molecular complexity index is 1030. The van der Waals surface area contributed by atoms with Crippen molar-refractivity contribution >= 4 is 16.7 Å². The molecule has 3 aromatic rings. The maximum absolute atomic E-state index is 11.5. The van der Waals surface area contributed by atoms with E-state index in [1.54, 1.807) is 19.2 Å². The van der Waals surface area contributed by atoms with Crippen molar-refractivity contribution < 1.29 is 19.0 Å². The number of rotatable bonds is 9. The van der Waals surface area contributed by atoms with Crippen LogP contribution >= 0.6 is 0 Å². The second-order valence-electron chi connectivity index (χ2n) is 6.29. The number of carbonyl (C=O) groups excluding carboxylic acids is 1. The minimum atomic E-state index is -0.325. The van der Waals surface area contributed by atoms with Gasteiger partial charge in [0.25, 0.3) is 0 Å². The first-order valence-corrected chi connectivity index (χ1v) is 9.24. The minimum Gasteiger partial charge on any atom is -0.497 e. The van der Waals surface area contributed by atoms with Gasteiger partial charge in [-0.25, -0.2) is 0 Å². The summed E-state index contributed by atoms with van der Waals surface area (Å²) in [6.45, 7) is 0.973. The predicted molar refractivity (Wildman–Crippen MR) is 110 cm³/mol. The molecule has 0 aliphatic rings. The van der Waals surface area contributed by atoms with Crippen molar-refractivity contribution in [2.45, 2.75) is 13.0 Å². The zero-order chi connectivity index (χ0) is 20.5. The van der Waals surface area contributed by atoms with Gasteiger partial charge in [-0.3, -0.25) is 4.79 Å². The molecule has 0 radical (unpaired) electrons. The maximum atomic E-state index is 11.5. The molecule has 0 fully saturated rings. The summed E-state index contributed by atoms with van der Waals surface area (Å²) in [5.41, 5.74) is 0.794. The lowest BCUT2D eigenvalue weighted by molar-refractivity contribution is -0.120. The van der Waals surface area contributed by atoms with Crippen LogP contribution in [0.15, 0.2) is 60.7 Å². The predicted octanol–water partition coefficient (Wildman–Crippen LogP) is 3.84. The van der Waals surface area contributed by atoms with Crippen LogP contribution in [0.3, 0.4) is 0 Å². The third kappa shape index (κ3) is 5.63. The molecule has 0 saturated heterocycles. The van der Waals surface area contributed by atoms with E-state index in [2.05, 4.69) is 11.4 Å².